The Morgan fingerprint density at radius 1 is 1.41 bits per heavy atom. The molecule has 1 aromatic rings. The summed E-state index contributed by atoms with van der Waals surface area (Å²) in [6, 6.07) is 7.02. The van der Waals surface area contributed by atoms with Gasteiger partial charge in [-0.05, 0) is 26.0 Å². The molecule has 0 spiro atoms. The molecule has 0 saturated heterocycles. The van der Waals surface area contributed by atoms with Crippen molar-refractivity contribution in [2.45, 2.75) is 24.8 Å². The highest BCUT2D eigenvalue weighted by molar-refractivity contribution is 7.86. The van der Waals surface area contributed by atoms with Crippen LogP contribution in [0.4, 0.5) is 5.69 Å². The number of hydrogen-bond acceptors (Lipinski definition) is 3. The average molecular weight is 254 g/mol. The zero-order chi connectivity index (χ0) is 13.0. The molecular weight excluding hydrogens is 236 g/mol. The molecule has 0 bridgehead atoms. The lowest BCUT2D eigenvalue weighted by Crippen LogP contribution is -2.36. The maximum atomic E-state index is 12.0. The van der Waals surface area contributed by atoms with Crippen LogP contribution in [0.2, 0.25) is 0 Å². The zero-order valence-electron chi connectivity index (χ0n) is 10.3. The first kappa shape index (κ1) is 13.7. The van der Waals surface area contributed by atoms with Gasteiger partial charge in [0, 0.05) is 18.8 Å². The van der Waals surface area contributed by atoms with E-state index >= 15 is 0 Å². The molecule has 1 unspecified atom stereocenters. The summed E-state index contributed by atoms with van der Waals surface area (Å²) in [5, 5.41) is 0. The first-order chi connectivity index (χ1) is 7.93. The van der Waals surface area contributed by atoms with E-state index in [0.29, 0.717) is 10.6 Å². The van der Waals surface area contributed by atoms with Crippen LogP contribution in [0.25, 0.3) is 0 Å². The van der Waals surface area contributed by atoms with Crippen LogP contribution in [0.1, 0.15) is 13.8 Å². The minimum atomic E-state index is -1.38. The summed E-state index contributed by atoms with van der Waals surface area (Å²) in [7, 11) is 0.329. The van der Waals surface area contributed by atoms with E-state index < -0.39 is 10.8 Å². The van der Waals surface area contributed by atoms with Gasteiger partial charge in [-0.25, -0.2) is 0 Å². The van der Waals surface area contributed by atoms with E-state index in [-0.39, 0.29) is 17.7 Å². The number of carbonyl (C=O) groups excluding carboxylic acids is 1. The second-order valence-electron chi connectivity index (χ2n) is 4.13. The van der Waals surface area contributed by atoms with Crippen molar-refractivity contribution in [3.05, 3.63) is 24.3 Å². The average Bonchev–Trinajstić information content (AvgIpc) is 2.28. The Hall–Kier alpha value is -1.36. The summed E-state index contributed by atoms with van der Waals surface area (Å²) in [6.07, 6.45) is 0. The first-order valence-electron chi connectivity index (χ1n) is 5.42. The van der Waals surface area contributed by atoms with Crippen molar-refractivity contribution < 1.29 is 9.00 Å². The van der Waals surface area contributed by atoms with Gasteiger partial charge in [0.05, 0.1) is 15.7 Å². The van der Waals surface area contributed by atoms with Crippen molar-refractivity contribution in [3.63, 3.8) is 0 Å². The fraction of sp³-hybridized carbons (Fsp3) is 0.417. The molecule has 5 heteroatoms. The van der Waals surface area contributed by atoms with Crippen molar-refractivity contribution in [1.82, 2.24) is 4.90 Å². The zero-order valence-corrected chi connectivity index (χ0v) is 11.2. The third kappa shape index (κ3) is 3.56. The van der Waals surface area contributed by atoms with Crippen molar-refractivity contribution in [1.29, 1.82) is 0 Å². The molecule has 0 heterocycles. The lowest BCUT2D eigenvalue weighted by molar-refractivity contribution is -0.128. The minimum Gasteiger partial charge on any atom is -0.398 e. The highest BCUT2D eigenvalue weighted by Crippen LogP contribution is 2.15. The van der Waals surface area contributed by atoms with E-state index in [1.165, 1.54) is 0 Å². The molecule has 0 aliphatic carbocycles. The number of nitrogens with zero attached hydrogens (tertiary/aromatic N) is 1. The highest BCUT2D eigenvalue weighted by Gasteiger charge is 2.17. The largest absolute Gasteiger partial charge is 0.398 e. The third-order valence-corrected chi connectivity index (χ3v) is 3.96. The molecule has 0 aromatic heterocycles. The van der Waals surface area contributed by atoms with E-state index in [2.05, 4.69) is 0 Å². The van der Waals surface area contributed by atoms with Gasteiger partial charge in [-0.3, -0.25) is 9.00 Å². The molecule has 2 N–H and O–H groups in total. The number of amides is 1. The van der Waals surface area contributed by atoms with Crippen LogP contribution >= 0.6 is 0 Å². The third-order valence-electron chi connectivity index (χ3n) is 2.59. The Labute approximate surface area is 104 Å². The van der Waals surface area contributed by atoms with Gasteiger partial charge in [0.25, 0.3) is 0 Å². The van der Waals surface area contributed by atoms with Crippen molar-refractivity contribution in [3.8, 4) is 0 Å². The summed E-state index contributed by atoms with van der Waals surface area (Å²) >= 11 is 0. The number of carbonyl (C=O) groups is 1. The van der Waals surface area contributed by atoms with E-state index in [9.17, 15) is 9.00 Å². The Morgan fingerprint density at radius 3 is 2.53 bits per heavy atom. The topological polar surface area (TPSA) is 63.4 Å². The van der Waals surface area contributed by atoms with Gasteiger partial charge in [0.1, 0.15) is 5.75 Å². The first-order valence-corrected chi connectivity index (χ1v) is 6.74. The number of para-hydroxylation sites is 1. The molecule has 0 aliphatic heterocycles. The van der Waals surface area contributed by atoms with E-state index in [0.717, 1.165) is 0 Å². The highest BCUT2D eigenvalue weighted by atomic mass is 32.2. The maximum Gasteiger partial charge on any atom is 0.235 e. The predicted octanol–water partition coefficient (Wildman–Crippen LogP) is 1.24. The summed E-state index contributed by atoms with van der Waals surface area (Å²) < 4.78 is 12.0. The van der Waals surface area contributed by atoms with Crippen LogP contribution in [0.3, 0.4) is 0 Å². The fourth-order valence-electron chi connectivity index (χ4n) is 1.27. The Balaban J connectivity index is 2.74. The summed E-state index contributed by atoms with van der Waals surface area (Å²) in [4.78, 5) is 13.9. The van der Waals surface area contributed by atoms with Crippen LogP contribution in [-0.2, 0) is 15.6 Å². The molecule has 1 amide bonds. The Kier molecular flexibility index (Phi) is 4.69. The predicted molar refractivity (Wildman–Crippen MR) is 70.0 cm³/mol. The minimum absolute atomic E-state index is 0.0249. The Morgan fingerprint density at radius 2 is 2.00 bits per heavy atom. The van der Waals surface area contributed by atoms with Gasteiger partial charge in [-0.2, -0.15) is 0 Å². The summed E-state index contributed by atoms with van der Waals surface area (Å²) in [5.74, 6) is -0.162. The molecular formula is C12H18N2O2S. The molecule has 1 atom stereocenters. The van der Waals surface area contributed by atoms with Crippen LogP contribution in [0.15, 0.2) is 29.2 Å². The molecule has 0 saturated carbocycles. The smallest absolute Gasteiger partial charge is 0.235 e. The molecule has 0 radical (unpaired) electrons. The van der Waals surface area contributed by atoms with Gasteiger partial charge < -0.3 is 10.6 Å². The Bertz CT molecular complexity index is 432. The monoisotopic (exact) mass is 254 g/mol. The van der Waals surface area contributed by atoms with Crippen LogP contribution in [0, 0.1) is 0 Å². The fourth-order valence-corrected chi connectivity index (χ4v) is 2.41. The lowest BCUT2D eigenvalue weighted by Gasteiger charge is -2.21. The molecule has 0 aliphatic rings. The summed E-state index contributed by atoms with van der Waals surface area (Å²) in [5.41, 5.74) is 6.18. The molecule has 0 fully saturated rings. The standard InChI is InChI=1S/C12H18N2O2S/c1-9(2)14(3)12(15)8-17(16)11-7-5-4-6-10(11)13/h4-7,9H,8,13H2,1-3H3. The second-order valence-corrected chi connectivity index (χ2v) is 5.55. The van der Waals surface area contributed by atoms with Crippen LogP contribution in [-0.4, -0.2) is 33.9 Å². The van der Waals surface area contributed by atoms with E-state index in [1.807, 2.05) is 13.8 Å². The van der Waals surface area contributed by atoms with Crippen molar-refractivity contribution >= 4 is 22.4 Å². The quantitative estimate of drug-likeness (QED) is 0.822. The van der Waals surface area contributed by atoms with Gasteiger partial charge in [0.2, 0.25) is 5.91 Å². The molecule has 1 rings (SSSR count). The second kappa shape index (κ2) is 5.82. The van der Waals surface area contributed by atoms with Gasteiger partial charge in [-0.1, -0.05) is 12.1 Å². The summed E-state index contributed by atoms with van der Waals surface area (Å²) in [6.45, 7) is 3.83. The van der Waals surface area contributed by atoms with E-state index in [1.54, 1.807) is 36.2 Å². The van der Waals surface area contributed by atoms with Crippen molar-refractivity contribution in [2.75, 3.05) is 18.5 Å². The van der Waals surface area contributed by atoms with Gasteiger partial charge in [-0.15, -0.1) is 0 Å². The van der Waals surface area contributed by atoms with Gasteiger partial charge >= 0.3 is 0 Å². The molecule has 4 nitrogen and oxygen atoms in total. The van der Waals surface area contributed by atoms with Gasteiger partial charge in [0.15, 0.2) is 0 Å². The normalized spacial score (nSPS) is 12.5. The number of hydrogen-bond donors (Lipinski definition) is 1. The number of benzene rings is 1. The number of rotatable bonds is 4. The number of anilines is 1. The molecule has 1 aromatic carbocycles. The number of nitrogens with two attached hydrogens (primary N) is 1. The lowest BCUT2D eigenvalue weighted by atomic mass is 10.3. The maximum absolute atomic E-state index is 12.0. The van der Waals surface area contributed by atoms with Crippen LogP contribution in [0.5, 0.6) is 0 Å². The molecule has 94 valence electrons. The number of nitrogen functional groups attached to an aromatic ring is 1. The molecule has 17 heavy (non-hydrogen) atoms. The van der Waals surface area contributed by atoms with E-state index in [4.69, 9.17) is 5.73 Å². The van der Waals surface area contributed by atoms with Crippen LogP contribution < -0.4 is 5.73 Å². The SMILES string of the molecule is CC(C)N(C)C(=O)CS(=O)c1ccccc1N. The van der Waals surface area contributed by atoms with Crippen molar-refractivity contribution in [2.24, 2.45) is 0 Å².